The zero-order valence-corrected chi connectivity index (χ0v) is 11.4. The molecule has 1 aromatic carbocycles. The van der Waals surface area contributed by atoms with Crippen LogP contribution in [0.25, 0.3) is 0 Å². The minimum atomic E-state index is 0. The van der Waals surface area contributed by atoms with Crippen LogP contribution in [0.1, 0.15) is 37.8 Å². The Kier molecular flexibility index (Phi) is 7.63. The summed E-state index contributed by atoms with van der Waals surface area (Å²) in [5, 5.41) is 0. The molecule has 0 aliphatic carbocycles. The molecule has 0 aromatic heterocycles. The molecule has 0 N–H and O–H groups in total. The van der Waals surface area contributed by atoms with E-state index in [0.29, 0.717) is 0 Å². The Balaban J connectivity index is 0.00000225. The van der Waals surface area contributed by atoms with Crippen LogP contribution in [0.4, 0.5) is 5.69 Å². The van der Waals surface area contributed by atoms with Crippen molar-refractivity contribution >= 4 is 5.69 Å². The molecule has 2 heteroatoms. The van der Waals surface area contributed by atoms with Gasteiger partial charge in [-0.1, -0.05) is 33.4 Å². The summed E-state index contributed by atoms with van der Waals surface area (Å²) >= 11 is 0. The Bertz CT molecular complexity index is 304. The average molecular weight is 211 g/mol. The third-order valence-electron chi connectivity index (χ3n) is 2.73. The molecule has 1 aromatic rings. The number of hydrogen-bond acceptors (Lipinski definition) is 1. The summed E-state index contributed by atoms with van der Waals surface area (Å²) in [6.45, 7) is 11.0. The topological polar surface area (TPSA) is 3.24 Å². The van der Waals surface area contributed by atoms with Gasteiger partial charge in [-0.2, -0.15) is 23.3 Å². The molecule has 0 aliphatic rings. The Morgan fingerprint density at radius 1 is 1.06 bits per heavy atom. The van der Waals surface area contributed by atoms with Crippen molar-refractivity contribution < 1.29 is 18.9 Å². The molecule has 0 atom stereocenters. The van der Waals surface area contributed by atoms with Crippen molar-refractivity contribution in [2.45, 2.75) is 40.5 Å². The van der Waals surface area contributed by atoms with Crippen LogP contribution in [0.3, 0.4) is 0 Å². The summed E-state index contributed by atoms with van der Waals surface area (Å²) in [6.07, 6.45) is 2.39. The van der Waals surface area contributed by atoms with Gasteiger partial charge in [-0.3, -0.25) is 0 Å². The van der Waals surface area contributed by atoms with Gasteiger partial charge in [0.1, 0.15) is 0 Å². The number of anilines is 1. The quantitative estimate of drug-likeness (QED) is 0.513. The number of hydrogen-bond donors (Lipinski definition) is 0. The van der Waals surface area contributed by atoms with Gasteiger partial charge in [0.15, 0.2) is 0 Å². The van der Waals surface area contributed by atoms with E-state index in [1.807, 2.05) is 0 Å². The fourth-order valence-electron chi connectivity index (χ4n) is 1.74. The van der Waals surface area contributed by atoms with E-state index in [1.54, 1.807) is 0 Å². The van der Waals surface area contributed by atoms with Crippen LogP contribution >= 0.6 is 0 Å². The second-order valence-corrected chi connectivity index (χ2v) is 4.14. The number of rotatable bonds is 5. The van der Waals surface area contributed by atoms with Crippen molar-refractivity contribution in [3.8, 4) is 0 Å². The third kappa shape index (κ3) is 4.24. The van der Waals surface area contributed by atoms with Gasteiger partial charge in [0, 0.05) is 13.1 Å². The summed E-state index contributed by atoms with van der Waals surface area (Å²) in [4.78, 5) is 2.42. The van der Waals surface area contributed by atoms with Crippen molar-refractivity contribution in [1.82, 2.24) is 0 Å². The molecule has 0 fully saturated rings. The van der Waals surface area contributed by atoms with Crippen molar-refractivity contribution in [1.29, 1.82) is 0 Å². The standard InChI is InChI=1S/C14H22N.Li/c1-5-9-15(10-6-2)14-8-7-12(3)13(4)11-14;/h7-8H,5-6,9-10H2,1-4H3;/q-1;+1. The zero-order chi connectivity index (χ0) is 11.3. The normalized spacial score (nSPS) is 9.75. The first-order chi connectivity index (χ1) is 7.19. The van der Waals surface area contributed by atoms with Crippen LogP contribution in [0.15, 0.2) is 12.1 Å². The van der Waals surface area contributed by atoms with E-state index in [2.05, 4.69) is 50.8 Å². The predicted octanol–water partition coefficient (Wildman–Crippen LogP) is 0.734. The Hall–Kier alpha value is -0.383. The van der Waals surface area contributed by atoms with Gasteiger partial charge in [0.25, 0.3) is 0 Å². The van der Waals surface area contributed by atoms with E-state index in [-0.39, 0.29) is 18.9 Å². The van der Waals surface area contributed by atoms with E-state index < -0.39 is 0 Å². The van der Waals surface area contributed by atoms with E-state index in [4.69, 9.17) is 0 Å². The Labute approximate surface area is 112 Å². The summed E-state index contributed by atoms with van der Waals surface area (Å²) in [7, 11) is 0. The van der Waals surface area contributed by atoms with Gasteiger partial charge in [-0.05, 0) is 12.8 Å². The van der Waals surface area contributed by atoms with Crippen molar-refractivity contribution in [3.05, 3.63) is 29.3 Å². The van der Waals surface area contributed by atoms with Crippen molar-refractivity contribution in [3.63, 3.8) is 0 Å². The van der Waals surface area contributed by atoms with Crippen LogP contribution in [-0.2, 0) is 0 Å². The second-order valence-electron chi connectivity index (χ2n) is 4.14. The van der Waals surface area contributed by atoms with Gasteiger partial charge in [0.05, 0.1) is 0 Å². The largest absolute Gasteiger partial charge is 1.00 e. The van der Waals surface area contributed by atoms with E-state index in [0.717, 1.165) is 13.1 Å². The molecule has 0 saturated carbocycles. The van der Waals surface area contributed by atoms with Gasteiger partial charge < -0.3 is 4.90 Å². The maximum Gasteiger partial charge on any atom is 1.00 e. The maximum absolute atomic E-state index is 3.47. The summed E-state index contributed by atoms with van der Waals surface area (Å²) in [5.74, 6) is 0. The monoisotopic (exact) mass is 211 g/mol. The smallest absolute Gasteiger partial charge is 0.394 e. The van der Waals surface area contributed by atoms with Crippen molar-refractivity contribution in [2.75, 3.05) is 18.0 Å². The first-order valence-electron chi connectivity index (χ1n) is 5.93. The molecule has 0 heterocycles. The number of benzene rings is 1. The second kappa shape index (κ2) is 7.82. The molecule has 0 spiro atoms. The molecule has 0 saturated heterocycles. The predicted molar refractivity (Wildman–Crippen MR) is 67.5 cm³/mol. The van der Waals surface area contributed by atoms with E-state index >= 15 is 0 Å². The van der Waals surface area contributed by atoms with Crippen LogP contribution < -0.4 is 23.8 Å². The molecule has 0 amide bonds. The molecule has 0 aliphatic heterocycles. The SMILES string of the molecule is CCCN(CCC)c1[c-]c(C)c(C)cc1.[Li+]. The fraction of sp³-hybridized carbons (Fsp3) is 0.571. The van der Waals surface area contributed by atoms with Gasteiger partial charge in [-0.15, -0.1) is 6.07 Å². The van der Waals surface area contributed by atoms with Crippen molar-refractivity contribution in [2.24, 2.45) is 0 Å². The minimum Gasteiger partial charge on any atom is -0.394 e. The molecular formula is C14H22LiN. The van der Waals surface area contributed by atoms with E-state index in [1.165, 1.54) is 29.7 Å². The summed E-state index contributed by atoms with van der Waals surface area (Å²) in [6, 6.07) is 7.85. The van der Waals surface area contributed by atoms with Gasteiger partial charge in [0.2, 0.25) is 0 Å². The molecule has 16 heavy (non-hydrogen) atoms. The summed E-state index contributed by atoms with van der Waals surface area (Å²) < 4.78 is 0. The minimum absolute atomic E-state index is 0. The molecule has 1 rings (SSSR count). The van der Waals surface area contributed by atoms with Gasteiger partial charge >= 0.3 is 18.9 Å². The summed E-state index contributed by atoms with van der Waals surface area (Å²) in [5.41, 5.74) is 3.85. The third-order valence-corrected chi connectivity index (χ3v) is 2.73. The average Bonchev–Trinajstić information content (AvgIpc) is 2.22. The van der Waals surface area contributed by atoms with E-state index in [9.17, 15) is 0 Å². The van der Waals surface area contributed by atoms with Crippen LogP contribution in [0.2, 0.25) is 0 Å². The number of nitrogens with zero attached hydrogens (tertiary/aromatic N) is 1. The molecule has 1 nitrogen and oxygen atoms in total. The maximum atomic E-state index is 3.47. The number of aryl methyl sites for hydroxylation is 2. The molecule has 84 valence electrons. The zero-order valence-electron chi connectivity index (χ0n) is 11.4. The Morgan fingerprint density at radius 2 is 1.62 bits per heavy atom. The van der Waals surface area contributed by atoms with Gasteiger partial charge in [-0.25, -0.2) is 0 Å². The molecule has 0 bridgehead atoms. The first kappa shape index (κ1) is 15.6. The molecular weight excluding hydrogens is 189 g/mol. The molecule has 0 radical (unpaired) electrons. The molecule has 0 unspecified atom stereocenters. The Morgan fingerprint density at radius 3 is 2.06 bits per heavy atom. The fourth-order valence-corrected chi connectivity index (χ4v) is 1.74. The van der Waals surface area contributed by atoms with Crippen LogP contribution in [0, 0.1) is 19.9 Å². The first-order valence-corrected chi connectivity index (χ1v) is 5.93. The van der Waals surface area contributed by atoms with Crippen LogP contribution in [-0.4, -0.2) is 13.1 Å². The van der Waals surface area contributed by atoms with Crippen LogP contribution in [0.5, 0.6) is 0 Å².